The highest BCUT2D eigenvalue weighted by Gasteiger charge is 1.94. The highest BCUT2D eigenvalue weighted by atomic mass is 32.2. The molecule has 4 heteroatoms. The van der Waals surface area contributed by atoms with E-state index in [0.29, 0.717) is 6.61 Å². The van der Waals surface area contributed by atoms with E-state index in [4.69, 9.17) is 0 Å². The van der Waals surface area contributed by atoms with Gasteiger partial charge in [-0.2, -0.15) is 0 Å². The van der Waals surface area contributed by atoms with Crippen molar-refractivity contribution in [2.24, 2.45) is 0 Å². The van der Waals surface area contributed by atoms with E-state index < -0.39 is 11.0 Å². The van der Waals surface area contributed by atoms with Crippen molar-refractivity contribution < 1.29 is 12.6 Å². The molecule has 0 aliphatic carbocycles. The van der Waals surface area contributed by atoms with Crippen molar-refractivity contribution in [1.82, 2.24) is 0 Å². The van der Waals surface area contributed by atoms with Gasteiger partial charge in [-0.05, 0) is 6.42 Å². The van der Waals surface area contributed by atoms with E-state index in [9.17, 15) is 8.42 Å². The Kier molecular flexibility index (Phi) is 17.9. The molecule has 0 N–H and O–H groups in total. The molecule has 0 fully saturated rings. The molecule has 0 aromatic heterocycles. The van der Waals surface area contributed by atoms with Gasteiger partial charge < -0.3 is 0 Å². The summed E-state index contributed by atoms with van der Waals surface area (Å²) in [4.78, 5) is 0. The van der Waals surface area contributed by atoms with Gasteiger partial charge in [0.15, 0.2) is 0 Å². The first-order chi connectivity index (χ1) is 10.3. The Morgan fingerprint density at radius 3 is 1.24 bits per heavy atom. The second-order valence-corrected chi connectivity index (χ2v) is 6.71. The summed E-state index contributed by atoms with van der Waals surface area (Å²) < 4.78 is 24.8. The average molecular weight is 321 g/mol. The molecule has 0 saturated heterocycles. The minimum absolute atomic E-state index is 0.358. The number of thiol groups is 1. The third kappa shape index (κ3) is 19.9. The largest absolute Gasteiger partial charge is 0.272 e. The first-order valence-electron chi connectivity index (χ1n) is 9.04. The van der Waals surface area contributed by atoms with Crippen LogP contribution in [-0.2, 0) is 15.2 Å². The summed E-state index contributed by atoms with van der Waals surface area (Å²) in [6.45, 7) is 2.62. The maximum atomic E-state index is 10.2. The van der Waals surface area contributed by atoms with E-state index in [1.165, 1.54) is 83.5 Å². The van der Waals surface area contributed by atoms with E-state index in [1.807, 2.05) is 0 Å². The van der Waals surface area contributed by atoms with Gasteiger partial charge in [-0.25, -0.2) is 8.42 Å². The summed E-state index contributed by atoms with van der Waals surface area (Å²) in [5.41, 5.74) is 0. The molecule has 0 aliphatic rings. The van der Waals surface area contributed by atoms with Crippen LogP contribution >= 0.6 is 0 Å². The monoisotopic (exact) mass is 320 g/mol. The summed E-state index contributed by atoms with van der Waals surface area (Å²) in [7, 11) is -2.64. The van der Waals surface area contributed by atoms with Crippen molar-refractivity contribution in [3.8, 4) is 0 Å². The van der Waals surface area contributed by atoms with Gasteiger partial charge in [-0.3, -0.25) is 4.18 Å². The molecular formula is C17H36O3S. The molecule has 0 amide bonds. The van der Waals surface area contributed by atoms with Gasteiger partial charge in [-0.15, -0.1) is 0 Å². The molecule has 0 unspecified atom stereocenters. The average Bonchev–Trinajstić information content (AvgIpc) is 2.46. The molecular weight excluding hydrogens is 284 g/mol. The van der Waals surface area contributed by atoms with E-state index >= 15 is 0 Å². The molecule has 0 aliphatic heterocycles. The lowest BCUT2D eigenvalue weighted by Crippen LogP contribution is -1.92. The maximum absolute atomic E-state index is 10.2. The minimum atomic E-state index is -2.64. The second kappa shape index (κ2) is 18.0. The van der Waals surface area contributed by atoms with Crippen molar-refractivity contribution in [3.63, 3.8) is 0 Å². The smallest absolute Gasteiger partial charge is 0.257 e. The fourth-order valence-electron chi connectivity index (χ4n) is 2.61. The van der Waals surface area contributed by atoms with Crippen LogP contribution in [0.3, 0.4) is 0 Å². The Morgan fingerprint density at radius 1 is 0.571 bits per heavy atom. The van der Waals surface area contributed by atoms with Crippen LogP contribution in [0.2, 0.25) is 0 Å². The Morgan fingerprint density at radius 2 is 0.905 bits per heavy atom. The molecule has 21 heavy (non-hydrogen) atoms. The number of unbranched alkanes of at least 4 members (excludes halogenated alkanes) is 14. The molecule has 0 aromatic rings. The molecule has 0 rings (SSSR count). The SMILES string of the molecule is CCCCCCCCCCCCCCCCCO[SH](=O)=O. The van der Waals surface area contributed by atoms with E-state index in [0.717, 1.165) is 12.8 Å². The zero-order valence-electron chi connectivity index (χ0n) is 14.0. The van der Waals surface area contributed by atoms with Crippen LogP contribution in [0.1, 0.15) is 103 Å². The lowest BCUT2D eigenvalue weighted by molar-refractivity contribution is 0.319. The predicted molar refractivity (Wildman–Crippen MR) is 91.2 cm³/mol. The summed E-state index contributed by atoms with van der Waals surface area (Å²) in [5.74, 6) is 0. The normalized spacial score (nSPS) is 11.3. The van der Waals surface area contributed by atoms with Gasteiger partial charge in [0.25, 0.3) is 11.0 Å². The number of hydrogen-bond acceptors (Lipinski definition) is 3. The molecule has 0 atom stereocenters. The van der Waals surface area contributed by atoms with Gasteiger partial charge in [-0.1, -0.05) is 96.8 Å². The third-order valence-electron chi connectivity index (χ3n) is 3.94. The molecule has 0 bridgehead atoms. The lowest BCUT2D eigenvalue weighted by atomic mass is 10.0. The Bertz CT molecular complexity index is 257. The minimum Gasteiger partial charge on any atom is -0.272 e. The van der Waals surface area contributed by atoms with Gasteiger partial charge in [0.1, 0.15) is 0 Å². The van der Waals surface area contributed by atoms with Gasteiger partial charge in [0, 0.05) is 0 Å². The van der Waals surface area contributed by atoms with Gasteiger partial charge >= 0.3 is 0 Å². The number of rotatable bonds is 17. The first kappa shape index (κ1) is 20.9. The Hall–Kier alpha value is -0.0900. The summed E-state index contributed by atoms with van der Waals surface area (Å²) in [6, 6.07) is 0. The summed E-state index contributed by atoms with van der Waals surface area (Å²) in [6.07, 6.45) is 19.8. The molecule has 0 saturated carbocycles. The zero-order valence-corrected chi connectivity index (χ0v) is 14.9. The Labute approximate surface area is 134 Å². The predicted octanol–water partition coefficient (Wildman–Crippen LogP) is 5.40. The van der Waals surface area contributed by atoms with E-state index in [2.05, 4.69) is 11.1 Å². The highest BCUT2D eigenvalue weighted by molar-refractivity contribution is 7.67. The molecule has 3 nitrogen and oxygen atoms in total. The zero-order chi connectivity index (χ0) is 15.6. The fraction of sp³-hybridized carbons (Fsp3) is 1.00. The van der Waals surface area contributed by atoms with E-state index in [-0.39, 0.29) is 0 Å². The van der Waals surface area contributed by atoms with Gasteiger partial charge in [0.2, 0.25) is 0 Å². The van der Waals surface area contributed by atoms with Crippen LogP contribution in [-0.4, -0.2) is 15.0 Å². The van der Waals surface area contributed by atoms with Crippen molar-refractivity contribution in [3.05, 3.63) is 0 Å². The van der Waals surface area contributed by atoms with Crippen LogP contribution in [0.25, 0.3) is 0 Å². The van der Waals surface area contributed by atoms with Crippen molar-refractivity contribution in [2.45, 2.75) is 103 Å². The van der Waals surface area contributed by atoms with Crippen LogP contribution in [0.4, 0.5) is 0 Å². The lowest BCUT2D eigenvalue weighted by Gasteiger charge is -2.03. The first-order valence-corrected chi connectivity index (χ1v) is 10.1. The molecule has 0 heterocycles. The van der Waals surface area contributed by atoms with Crippen LogP contribution in [0.5, 0.6) is 0 Å². The topological polar surface area (TPSA) is 43.4 Å². The van der Waals surface area contributed by atoms with Crippen molar-refractivity contribution >= 4 is 11.0 Å². The van der Waals surface area contributed by atoms with E-state index in [1.54, 1.807) is 0 Å². The maximum Gasteiger partial charge on any atom is 0.257 e. The van der Waals surface area contributed by atoms with Crippen molar-refractivity contribution in [2.75, 3.05) is 6.61 Å². The molecule has 128 valence electrons. The Balaban J connectivity index is 2.96. The summed E-state index contributed by atoms with van der Waals surface area (Å²) >= 11 is 0. The second-order valence-electron chi connectivity index (χ2n) is 6.01. The molecule has 0 radical (unpaired) electrons. The third-order valence-corrected chi connectivity index (χ3v) is 4.34. The summed E-state index contributed by atoms with van der Waals surface area (Å²) in [5, 5.41) is 0. The van der Waals surface area contributed by atoms with Crippen LogP contribution in [0.15, 0.2) is 0 Å². The van der Waals surface area contributed by atoms with Crippen LogP contribution < -0.4 is 0 Å². The highest BCUT2D eigenvalue weighted by Crippen LogP contribution is 2.13. The fourth-order valence-corrected chi connectivity index (χ4v) is 2.89. The van der Waals surface area contributed by atoms with Crippen LogP contribution in [0, 0.1) is 0 Å². The van der Waals surface area contributed by atoms with Gasteiger partial charge in [0.05, 0.1) is 6.61 Å². The quantitative estimate of drug-likeness (QED) is 0.288. The number of hydrogen-bond donors (Lipinski definition) is 1. The molecule has 0 aromatic carbocycles. The standard InChI is InChI=1S/C17H36O3S/c1-2-3-4-5-6-7-8-9-10-11-12-13-14-15-16-17-20-21(18)19/h21H,2-17H2,1H3. The molecule has 0 spiro atoms. The van der Waals surface area contributed by atoms with Crippen molar-refractivity contribution in [1.29, 1.82) is 0 Å².